The zero-order chi connectivity index (χ0) is 20.5. The summed E-state index contributed by atoms with van der Waals surface area (Å²) in [6, 6.07) is 3.82. The molecule has 0 atom stereocenters. The SMILES string of the molecule is CC(C)Cc1nc2c(c(N3CCC(c4ccn(C)c(=O)c4)CC3)n1)CCNC2=O. The molecular formula is C22H29N5O2. The molecule has 154 valence electrons. The van der Waals surface area contributed by atoms with E-state index in [-0.39, 0.29) is 11.5 Å². The largest absolute Gasteiger partial charge is 0.356 e. The molecule has 1 saturated heterocycles. The summed E-state index contributed by atoms with van der Waals surface area (Å²) in [7, 11) is 1.78. The molecule has 2 aliphatic heterocycles. The summed E-state index contributed by atoms with van der Waals surface area (Å²) in [6.45, 7) is 6.64. The fourth-order valence-corrected chi connectivity index (χ4v) is 4.28. The van der Waals surface area contributed by atoms with Gasteiger partial charge in [-0.3, -0.25) is 9.59 Å². The molecule has 1 fully saturated rings. The van der Waals surface area contributed by atoms with E-state index in [1.165, 1.54) is 0 Å². The van der Waals surface area contributed by atoms with Crippen molar-refractivity contribution in [3.05, 3.63) is 51.3 Å². The van der Waals surface area contributed by atoms with E-state index in [1.807, 2.05) is 6.20 Å². The number of pyridine rings is 1. The van der Waals surface area contributed by atoms with Crippen molar-refractivity contribution in [2.75, 3.05) is 24.5 Å². The lowest BCUT2D eigenvalue weighted by atomic mass is 9.89. The quantitative estimate of drug-likeness (QED) is 0.857. The number of aryl methyl sites for hydroxylation is 1. The van der Waals surface area contributed by atoms with Crippen LogP contribution in [-0.4, -0.2) is 40.1 Å². The van der Waals surface area contributed by atoms with Crippen LogP contribution in [0.4, 0.5) is 5.82 Å². The third-order valence-electron chi connectivity index (χ3n) is 5.89. The summed E-state index contributed by atoms with van der Waals surface area (Å²) in [6.07, 6.45) is 5.32. The Labute approximate surface area is 171 Å². The van der Waals surface area contributed by atoms with Gasteiger partial charge in [0.05, 0.1) is 0 Å². The van der Waals surface area contributed by atoms with E-state index in [1.54, 1.807) is 17.7 Å². The highest BCUT2D eigenvalue weighted by molar-refractivity contribution is 5.96. The summed E-state index contributed by atoms with van der Waals surface area (Å²) in [5.74, 6) is 2.41. The first-order chi connectivity index (χ1) is 13.9. The molecule has 0 radical (unpaired) electrons. The van der Waals surface area contributed by atoms with Crippen LogP contribution in [0.5, 0.6) is 0 Å². The molecule has 7 nitrogen and oxygen atoms in total. The Morgan fingerprint density at radius 3 is 2.66 bits per heavy atom. The lowest BCUT2D eigenvalue weighted by molar-refractivity contribution is 0.0940. The van der Waals surface area contributed by atoms with Crippen LogP contribution in [-0.2, 0) is 19.9 Å². The van der Waals surface area contributed by atoms with Crippen molar-refractivity contribution in [2.45, 2.75) is 45.4 Å². The molecule has 1 amide bonds. The van der Waals surface area contributed by atoms with Crippen molar-refractivity contribution in [2.24, 2.45) is 13.0 Å². The fourth-order valence-electron chi connectivity index (χ4n) is 4.28. The maximum absolute atomic E-state index is 12.4. The highest BCUT2D eigenvalue weighted by Gasteiger charge is 2.29. The smallest absolute Gasteiger partial charge is 0.270 e. The Hall–Kier alpha value is -2.70. The number of piperidine rings is 1. The number of carbonyl (C=O) groups excluding carboxylic acids is 1. The van der Waals surface area contributed by atoms with Crippen molar-refractivity contribution in [1.29, 1.82) is 0 Å². The van der Waals surface area contributed by atoms with E-state index >= 15 is 0 Å². The first-order valence-electron chi connectivity index (χ1n) is 10.5. The highest BCUT2D eigenvalue weighted by atomic mass is 16.2. The van der Waals surface area contributed by atoms with E-state index in [4.69, 9.17) is 4.98 Å². The molecule has 4 rings (SSSR count). The maximum atomic E-state index is 12.4. The Kier molecular flexibility index (Phi) is 5.39. The molecule has 0 unspecified atom stereocenters. The minimum Gasteiger partial charge on any atom is -0.356 e. The van der Waals surface area contributed by atoms with Gasteiger partial charge in [-0.25, -0.2) is 9.97 Å². The summed E-state index contributed by atoms with van der Waals surface area (Å²) in [4.78, 5) is 36.2. The highest BCUT2D eigenvalue weighted by Crippen LogP contribution is 2.32. The Morgan fingerprint density at radius 2 is 1.97 bits per heavy atom. The Balaban J connectivity index is 1.58. The van der Waals surface area contributed by atoms with Crippen molar-refractivity contribution < 1.29 is 4.79 Å². The van der Waals surface area contributed by atoms with E-state index in [0.717, 1.165) is 61.5 Å². The molecule has 2 aromatic heterocycles. The van der Waals surface area contributed by atoms with Crippen molar-refractivity contribution in [3.63, 3.8) is 0 Å². The topological polar surface area (TPSA) is 80.1 Å². The molecule has 0 bridgehead atoms. The number of nitrogens with one attached hydrogen (secondary N) is 1. The van der Waals surface area contributed by atoms with Gasteiger partial charge in [0.1, 0.15) is 17.3 Å². The average molecular weight is 396 g/mol. The number of hydrogen-bond donors (Lipinski definition) is 1. The van der Waals surface area contributed by atoms with Crippen molar-refractivity contribution >= 4 is 11.7 Å². The van der Waals surface area contributed by atoms with E-state index in [0.29, 0.717) is 24.1 Å². The molecular weight excluding hydrogens is 366 g/mol. The van der Waals surface area contributed by atoms with Gasteiger partial charge in [-0.1, -0.05) is 13.8 Å². The first kappa shape index (κ1) is 19.6. The molecule has 7 heteroatoms. The number of amides is 1. The lowest BCUT2D eigenvalue weighted by Gasteiger charge is -2.35. The molecule has 4 heterocycles. The third-order valence-corrected chi connectivity index (χ3v) is 5.89. The van der Waals surface area contributed by atoms with Crippen LogP contribution in [0.2, 0.25) is 0 Å². The third kappa shape index (κ3) is 4.04. The normalized spacial score (nSPS) is 17.4. The van der Waals surface area contributed by atoms with Gasteiger partial charge in [-0.2, -0.15) is 0 Å². The number of hydrogen-bond acceptors (Lipinski definition) is 5. The van der Waals surface area contributed by atoms with E-state index < -0.39 is 0 Å². The Bertz CT molecular complexity index is 974. The predicted molar refractivity (Wildman–Crippen MR) is 112 cm³/mol. The van der Waals surface area contributed by atoms with E-state index in [2.05, 4.69) is 35.1 Å². The van der Waals surface area contributed by atoms with Gasteiger partial charge in [0.15, 0.2) is 0 Å². The summed E-state index contributed by atoms with van der Waals surface area (Å²) < 4.78 is 1.60. The number of anilines is 1. The summed E-state index contributed by atoms with van der Waals surface area (Å²) >= 11 is 0. The number of rotatable bonds is 4. The minimum atomic E-state index is -0.0880. The second-order valence-corrected chi connectivity index (χ2v) is 8.57. The molecule has 29 heavy (non-hydrogen) atoms. The van der Waals surface area contributed by atoms with Crippen LogP contribution in [0.3, 0.4) is 0 Å². The average Bonchev–Trinajstić information content (AvgIpc) is 2.70. The first-order valence-corrected chi connectivity index (χ1v) is 10.5. The number of carbonyl (C=O) groups is 1. The van der Waals surface area contributed by atoms with Gasteiger partial charge < -0.3 is 14.8 Å². The maximum Gasteiger partial charge on any atom is 0.270 e. The second kappa shape index (κ2) is 7.97. The van der Waals surface area contributed by atoms with Crippen molar-refractivity contribution in [3.8, 4) is 0 Å². The number of aromatic nitrogens is 3. The molecule has 0 aromatic carbocycles. The van der Waals surface area contributed by atoms with Crippen LogP contribution < -0.4 is 15.8 Å². The van der Waals surface area contributed by atoms with Crippen LogP contribution in [0.1, 0.15) is 60.0 Å². The molecule has 0 spiro atoms. The monoisotopic (exact) mass is 395 g/mol. The van der Waals surface area contributed by atoms with Crippen LogP contribution in [0.15, 0.2) is 23.1 Å². The lowest BCUT2D eigenvalue weighted by Crippen LogP contribution is -2.39. The minimum absolute atomic E-state index is 0.0409. The number of nitrogens with zero attached hydrogens (tertiary/aromatic N) is 4. The second-order valence-electron chi connectivity index (χ2n) is 8.57. The standard InChI is InChI=1S/C22H29N5O2/c1-14(2)12-18-24-20-17(4-8-23-22(20)29)21(25-18)27-10-6-15(7-11-27)16-5-9-26(3)19(28)13-16/h5,9,13-15H,4,6-8,10-12H2,1-3H3,(H,23,29). The molecule has 0 saturated carbocycles. The van der Waals surface area contributed by atoms with Crippen LogP contribution in [0.25, 0.3) is 0 Å². The fraction of sp³-hybridized carbons (Fsp3) is 0.545. The van der Waals surface area contributed by atoms with Gasteiger partial charge in [0.2, 0.25) is 0 Å². The van der Waals surface area contributed by atoms with Crippen LogP contribution in [0, 0.1) is 5.92 Å². The van der Waals surface area contributed by atoms with Gasteiger partial charge in [0, 0.05) is 50.9 Å². The molecule has 2 aliphatic rings. The van der Waals surface area contributed by atoms with Gasteiger partial charge in [-0.05, 0) is 42.7 Å². The summed E-state index contributed by atoms with van der Waals surface area (Å²) in [5.41, 5.74) is 2.69. The molecule has 1 N–H and O–H groups in total. The van der Waals surface area contributed by atoms with E-state index in [9.17, 15) is 9.59 Å². The van der Waals surface area contributed by atoms with Gasteiger partial charge in [-0.15, -0.1) is 0 Å². The van der Waals surface area contributed by atoms with Gasteiger partial charge in [0.25, 0.3) is 11.5 Å². The zero-order valence-corrected chi connectivity index (χ0v) is 17.4. The van der Waals surface area contributed by atoms with Crippen LogP contribution >= 0.6 is 0 Å². The predicted octanol–water partition coefficient (Wildman–Crippen LogP) is 2.04. The Morgan fingerprint density at radius 1 is 1.21 bits per heavy atom. The summed E-state index contributed by atoms with van der Waals surface area (Å²) in [5, 5.41) is 2.91. The molecule has 2 aromatic rings. The zero-order valence-electron chi connectivity index (χ0n) is 17.4. The molecule has 0 aliphatic carbocycles. The van der Waals surface area contributed by atoms with Crippen molar-refractivity contribution in [1.82, 2.24) is 19.9 Å². The number of fused-ring (bicyclic) bond motifs is 1. The van der Waals surface area contributed by atoms with Gasteiger partial charge >= 0.3 is 0 Å².